The Labute approximate surface area is 103 Å². The third-order valence-electron chi connectivity index (χ3n) is 2.56. The predicted octanol–water partition coefficient (Wildman–Crippen LogP) is 3.27. The summed E-state index contributed by atoms with van der Waals surface area (Å²) in [4.78, 5) is 13.2. The van der Waals surface area contributed by atoms with Gasteiger partial charge in [0.15, 0.2) is 0 Å². The molecule has 0 radical (unpaired) electrons. The van der Waals surface area contributed by atoms with Gasteiger partial charge in [-0.2, -0.15) is 0 Å². The highest BCUT2D eigenvalue weighted by molar-refractivity contribution is 5.67. The van der Waals surface area contributed by atoms with Gasteiger partial charge in [0.05, 0.1) is 6.10 Å². The van der Waals surface area contributed by atoms with Crippen molar-refractivity contribution in [2.75, 3.05) is 13.6 Å². The first kappa shape index (κ1) is 13.6. The van der Waals surface area contributed by atoms with Gasteiger partial charge in [0.1, 0.15) is 0 Å². The summed E-state index contributed by atoms with van der Waals surface area (Å²) in [6, 6.07) is 10.2. The Kier molecular flexibility index (Phi) is 5.01. The fraction of sp³-hybridized carbons (Fsp3) is 0.500. The van der Waals surface area contributed by atoms with Gasteiger partial charge in [-0.15, -0.1) is 0 Å². The molecule has 3 heteroatoms. The van der Waals surface area contributed by atoms with Crippen molar-refractivity contribution in [2.24, 2.45) is 0 Å². The Hall–Kier alpha value is -1.51. The smallest absolute Gasteiger partial charge is 0.409 e. The van der Waals surface area contributed by atoms with Crippen LogP contribution in [0, 0.1) is 0 Å². The third-order valence-corrected chi connectivity index (χ3v) is 2.56. The second-order valence-electron chi connectivity index (χ2n) is 4.62. The first-order chi connectivity index (χ1) is 8.00. The zero-order valence-electron chi connectivity index (χ0n) is 11.0. The maximum atomic E-state index is 11.6. The van der Waals surface area contributed by atoms with Crippen molar-refractivity contribution in [3.05, 3.63) is 35.9 Å². The molecular weight excluding hydrogens is 214 g/mol. The maximum Gasteiger partial charge on any atom is 0.409 e. The number of nitrogens with zero attached hydrogens (tertiary/aromatic N) is 1. The average Bonchev–Trinajstić information content (AvgIpc) is 2.29. The minimum atomic E-state index is -0.261. The number of benzene rings is 1. The normalized spacial score (nSPS) is 12.3. The molecule has 0 saturated heterocycles. The molecule has 17 heavy (non-hydrogen) atoms. The minimum absolute atomic E-state index is 0.0722. The summed E-state index contributed by atoms with van der Waals surface area (Å²) in [5.41, 5.74) is 1.23. The number of carbonyl (C=O) groups excluding carboxylic acids is 1. The van der Waals surface area contributed by atoms with Crippen molar-refractivity contribution in [3.63, 3.8) is 0 Å². The fourth-order valence-electron chi connectivity index (χ4n) is 1.66. The molecule has 0 saturated carbocycles. The molecule has 1 atom stereocenters. The first-order valence-electron chi connectivity index (χ1n) is 5.97. The largest absolute Gasteiger partial charge is 0.447 e. The van der Waals surface area contributed by atoms with Crippen LogP contribution in [0.15, 0.2) is 30.3 Å². The Bertz CT molecular complexity index is 348. The molecule has 0 fully saturated rings. The van der Waals surface area contributed by atoms with Crippen molar-refractivity contribution in [1.82, 2.24) is 4.90 Å². The Morgan fingerprint density at radius 2 is 1.82 bits per heavy atom. The summed E-state index contributed by atoms with van der Waals surface area (Å²) < 4.78 is 5.14. The van der Waals surface area contributed by atoms with E-state index in [1.54, 1.807) is 11.9 Å². The van der Waals surface area contributed by atoms with Gasteiger partial charge in [-0.1, -0.05) is 37.3 Å². The summed E-state index contributed by atoms with van der Waals surface area (Å²) >= 11 is 0. The summed E-state index contributed by atoms with van der Waals surface area (Å²) in [6.07, 6.45) is -0.334. The van der Waals surface area contributed by atoms with Crippen LogP contribution in [0.2, 0.25) is 0 Å². The van der Waals surface area contributed by atoms with E-state index in [9.17, 15) is 4.79 Å². The first-order valence-corrected chi connectivity index (χ1v) is 5.97. The molecule has 0 heterocycles. The van der Waals surface area contributed by atoms with Gasteiger partial charge >= 0.3 is 6.09 Å². The maximum absolute atomic E-state index is 11.6. The highest BCUT2D eigenvalue weighted by atomic mass is 16.6. The molecule has 0 aliphatic carbocycles. The lowest BCUT2D eigenvalue weighted by Gasteiger charge is -2.22. The zero-order chi connectivity index (χ0) is 12.8. The van der Waals surface area contributed by atoms with Crippen LogP contribution in [-0.2, 0) is 4.74 Å². The zero-order valence-corrected chi connectivity index (χ0v) is 11.0. The Morgan fingerprint density at radius 1 is 1.24 bits per heavy atom. The van der Waals surface area contributed by atoms with E-state index in [1.165, 1.54) is 5.56 Å². The molecule has 1 amide bonds. The quantitative estimate of drug-likeness (QED) is 0.801. The topological polar surface area (TPSA) is 29.5 Å². The van der Waals surface area contributed by atoms with Gasteiger partial charge in [-0.05, 0) is 25.3 Å². The Balaban J connectivity index is 2.51. The van der Waals surface area contributed by atoms with E-state index in [1.807, 2.05) is 32.0 Å². The number of likely N-dealkylation sites (N-methyl/N-ethyl adjacent to an activating group) is 1. The highest BCUT2D eigenvalue weighted by Crippen LogP contribution is 2.15. The number of hydrogen-bond acceptors (Lipinski definition) is 2. The van der Waals surface area contributed by atoms with Crippen molar-refractivity contribution < 1.29 is 9.53 Å². The van der Waals surface area contributed by atoms with Gasteiger partial charge in [0.2, 0.25) is 0 Å². The standard InChI is InChI=1S/C14H21NO2/c1-11(2)17-14(16)15(4)10-12(3)13-8-6-5-7-9-13/h5-9,11-12H,10H2,1-4H3. The molecule has 1 rings (SSSR count). The van der Waals surface area contributed by atoms with Crippen LogP contribution < -0.4 is 0 Å². The van der Waals surface area contributed by atoms with Crippen LogP contribution in [0.25, 0.3) is 0 Å². The van der Waals surface area contributed by atoms with Gasteiger partial charge in [-0.3, -0.25) is 0 Å². The van der Waals surface area contributed by atoms with E-state index in [4.69, 9.17) is 4.74 Å². The number of rotatable bonds is 4. The summed E-state index contributed by atoms with van der Waals surface area (Å²) in [5.74, 6) is 0.306. The molecule has 1 aromatic carbocycles. The van der Waals surface area contributed by atoms with Crippen LogP contribution in [0.1, 0.15) is 32.3 Å². The van der Waals surface area contributed by atoms with Crippen LogP contribution in [-0.4, -0.2) is 30.7 Å². The molecule has 0 aromatic heterocycles. The lowest BCUT2D eigenvalue weighted by Crippen LogP contribution is -2.32. The van der Waals surface area contributed by atoms with Gasteiger partial charge in [-0.25, -0.2) is 4.79 Å². The molecular formula is C14H21NO2. The van der Waals surface area contributed by atoms with Gasteiger partial charge in [0, 0.05) is 13.6 Å². The van der Waals surface area contributed by atoms with E-state index in [0.29, 0.717) is 12.5 Å². The monoisotopic (exact) mass is 235 g/mol. The van der Waals surface area contributed by atoms with Crippen molar-refractivity contribution in [1.29, 1.82) is 0 Å². The summed E-state index contributed by atoms with van der Waals surface area (Å²) in [5, 5.41) is 0. The molecule has 0 aliphatic rings. The average molecular weight is 235 g/mol. The Morgan fingerprint density at radius 3 is 2.35 bits per heavy atom. The molecule has 1 unspecified atom stereocenters. The fourth-order valence-corrected chi connectivity index (χ4v) is 1.66. The second kappa shape index (κ2) is 6.28. The molecule has 3 nitrogen and oxygen atoms in total. The van der Waals surface area contributed by atoms with Gasteiger partial charge < -0.3 is 9.64 Å². The van der Waals surface area contributed by atoms with Crippen LogP contribution in [0.3, 0.4) is 0 Å². The third kappa shape index (κ3) is 4.47. The molecule has 0 spiro atoms. The van der Waals surface area contributed by atoms with E-state index >= 15 is 0 Å². The van der Waals surface area contributed by atoms with E-state index in [2.05, 4.69) is 19.1 Å². The summed E-state index contributed by atoms with van der Waals surface area (Å²) in [7, 11) is 1.77. The number of hydrogen-bond donors (Lipinski definition) is 0. The molecule has 0 aliphatic heterocycles. The SMILES string of the molecule is CC(C)OC(=O)N(C)CC(C)c1ccccc1. The van der Waals surface area contributed by atoms with E-state index < -0.39 is 0 Å². The van der Waals surface area contributed by atoms with Crippen molar-refractivity contribution >= 4 is 6.09 Å². The molecule has 1 aromatic rings. The van der Waals surface area contributed by atoms with Crippen LogP contribution in [0.4, 0.5) is 4.79 Å². The highest BCUT2D eigenvalue weighted by Gasteiger charge is 2.15. The molecule has 0 N–H and O–H groups in total. The van der Waals surface area contributed by atoms with E-state index in [0.717, 1.165) is 0 Å². The minimum Gasteiger partial charge on any atom is -0.447 e. The van der Waals surface area contributed by atoms with Crippen LogP contribution in [0.5, 0.6) is 0 Å². The van der Waals surface area contributed by atoms with Crippen LogP contribution >= 0.6 is 0 Å². The number of amides is 1. The van der Waals surface area contributed by atoms with Crippen molar-refractivity contribution in [3.8, 4) is 0 Å². The lowest BCUT2D eigenvalue weighted by atomic mass is 10.0. The number of carbonyl (C=O) groups is 1. The molecule has 0 bridgehead atoms. The summed E-state index contributed by atoms with van der Waals surface area (Å²) in [6.45, 7) is 6.47. The lowest BCUT2D eigenvalue weighted by molar-refractivity contribution is 0.0828. The van der Waals surface area contributed by atoms with Gasteiger partial charge in [0.25, 0.3) is 0 Å². The number of ether oxygens (including phenoxy) is 1. The van der Waals surface area contributed by atoms with Crippen molar-refractivity contribution in [2.45, 2.75) is 32.8 Å². The second-order valence-corrected chi connectivity index (χ2v) is 4.62. The molecule has 94 valence electrons. The predicted molar refractivity (Wildman–Crippen MR) is 69.1 cm³/mol. The van der Waals surface area contributed by atoms with E-state index in [-0.39, 0.29) is 12.2 Å².